The van der Waals surface area contributed by atoms with E-state index in [4.69, 9.17) is 5.11 Å². The second-order valence-corrected chi connectivity index (χ2v) is 2.12. The van der Waals surface area contributed by atoms with Gasteiger partial charge in [-0.25, -0.2) is 9.78 Å². The van der Waals surface area contributed by atoms with E-state index in [2.05, 4.69) is 16.8 Å². The normalized spacial score (nSPS) is 8.31. The van der Waals surface area contributed by atoms with Gasteiger partial charge in [-0.3, -0.25) is 4.79 Å². The summed E-state index contributed by atoms with van der Waals surface area (Å²) < 4.78 is 0. The average Bonchev–Trinajstić information content (AvgIpc) is 2.15. The van der Waals surface area contributed by atoms with Gasteiger partial charge in [0.25, 0.3) is 0 Å². The summed E-state index contributed by atoms with van der Waals surface area (Å²) in [6.07, 6.45) is 1.76. The largest absolute Gasteiger partial charge is 0.478 e. The molecular formula is C9H5NO3. The minimum absolute atomic E-state index is 0.102. The van der Waals surface area contributed by atoms with Crippen molar-refractivity contribution in [1.29, 1.82) is 0 Å². The Morgan fingerprint density at radius 1 is 1.62 bits per heavy atom. The van der Waals surface area contributed by atoms with E-state index in [-0.39, 0.29) is 11.3 Å². The van der Waals surface area contributed by atoms with Gasteiger partial charge in [-0.15, -0.1) is 0 Å². The molecule has 13 heavy (non-hydrogen) atoms. The molecule has 1 N–H and O–H groups in total. The number of hydrogen-bond donors (Lipinski definition) is 1. The van der Waals surface area contributed by atoms with Gasteiger partial charge in [0.15, 0.2) is 6.29 Å². The number of carbonyl (C=O) groups is 2. The van der Waals surface area contributed by atoms with E-state index in [1.807, 2.05) is 0 Å². The number of nitrogens with zero attached hydrogens (tertiary/aromatic N) is 1. The van der Waals surface area contributed by atoms with Gasteiger partial charge in [0.05, 0.1) is 5.56 Å². The molecule has 1 aromatic heterocycles. The van der Waals surface area contributed by atoms with E-state index in [1.54, 1.807) is 0 Å². The summed E-state index contributed by atoms with van der Waals surface area (Å²) in [5, 5.41) is 8.59. The highest BCUT2D eigenvalue weighted by Crippen LogP contribution is 1.99. The number of pyridine rings is 1. The zero-order valence-electron chi connectivity index (χ0n) is 6.52. The molecule has 0 unspecified atom stereocenters. The minimum Gasteiger partial charge on any atom is -0.478 e. The Hall–Kier alpha value is -2.15. The molecule has 0 fully saturated rings. The fraction of sp³-hybridized carbons (Fsp3) is 0. The lowest BCUT2D eigenvalue weighted by atomic mass is 10.2. The van der Waals surface area contributed by atoms with Crippen LogP contribution in [-0.2, 0) is 4.79 Å². The first-order valence-corrected chi connectivity index (χ1v) is 3.38. The molecule has 0 radical (unpaired) electrons. The van der Waals surface area contributed by atoms with E-state index in [1.165, 1.54) is 18.3 Å². The van der Waals surface area contributed by atoms with Crippen molar-refractivity contribution in [3.05, 3.63) is 29.6 Å². The highest BCUT2D eigenvalue weighted by Gasteiger charge is 2.01. The van der Waals surface area contributed by atoms with Crippen molar-refractivity contribution in [2.24, 2.45) is 0 Å². The second-order valence-electron chi connectivity index (χ2n) is 2.12. The van der Waals surface area contributed by atoms with Gasteiger partial charge in [0.2, 0.25) is 0 Å². The van der Waals surface area contributed by atoms with E-state index in [0.717, 1.165) is 0 Å². The standard InChI is InChI=1S/C9H5NO3/c11-5-1-2-8-6-7(9(12)13)3-4-10-8/h3-6H,(H,12,13). The first-order valence-electron chi connectivity index (χ1n) is 3.38. The van der Waals surface area contributed by atoms with E-state index in [0.29, 0.717) is 6.29 Å². The van der Waals surface area contributed by atoms with Crippen LogP contribution in [0.4, 0.5) is 0 Å². The zero-order valence-corrected chi connectivity index (χ0v) is 6.52. The topological polar surface area (TPSA) is 67.3 Å². The lowest BCUT2D eigenvalue weighted by molar-refractivity contribution is -0.103. The van der Waals surface area contributed by atoms with Crippen LogP contribution in [0.15, 0.2) is 18.3 Å². The summed E-state index contributed by atoms with van der Waals surface area (Å²) >= 11 is 0. The Balaban J connectivity index is 3.05. The molecule has 0 saturated carbocycles. The zero-order chi connectivity index (χ0) is 9.68. The van der Waals surface area contributed by atoms with Gasteiger partial charge < -0.3 is 5.11 Å². The van der Waals surface area contributed by atoms with Crippen molar-refractivity contribution in [1.82, 2.24) is 4.98 Å². The lowest BCUT2D eigenvalue weighted by Crippen LogP contribution is -1.97. The summed E-state index contributed by atoms with van der Waals surface area (Å²) in [6, 6.07) is 2.66. The van der Waals surface area contributed by atoms with Crippen molar-refractivity contribution in [2.75, 3.05) is 0 Å². The Bertz CT molecular complexity index is 401. The van der Waals surface area contributed by atoms with Crippen LogP contribution in [0.25, 0.3) is 0 Å². The number of rotatable bonds is 1. The smallest absolute Gasteiger partial charge is 0.335 e. The summed E-state index contributed by atoms with van der Waals surface area (Å²) in [7, 11) is 0. The molecule has 1 aromatic rings. The number of carboxylic acids is 1. The third-order valence-electron chi connectivity index (χ3n) is 1.27. The quantitative estimate of drug-likeness (QED) is 0.493. The third-order valence-corrected chi connectivity index (χ3v) is 1.27. The number of aromatic carboxylic acids is 1. The Morgan fingerprint density at radius 3 is 3.00 bits per heavy atom. The van der Waals surface area contributed by atoms with Gasteiger partial charge in [-0.1, -0.05) is 0 Å². The van der Waals surface area contributed by atoms with Gasteiger partial charge in [0.1, 0.15) is 5.69 Å². The summed E-state index contributed by atoms with van der Waals surface area (Å²) in [6.45, 7) is 0. The van der Waals surface area contributed by atoms with Crippen LogP contribution in [0.3, 0.4) is 0 Å². The predicted molar refractivity (Wildman–Crippen MR) is 44.1 cm³/mol. The maximum absolute atomic E-state index is 10.5. The van der Waals surface area contributed by atoms with Crippen molar-refractivity contribution in [3.8, 4) is 11.8 Å². The molecule has 4 heteroatoms. The van der Waals surface area contributed by atoms with Crippen molar-refractivity contribution in [3.63, 3.8) is 0 Å². The van der Waals surface area contributed by atoms with Gasteiger partial charge in [0, 0.05) is 6.20 Å². The molecular weight excluding hydrogens is 170 g/mol. The molecule has 0 aromatic carbocycles. The van der Waals surface area contributed by atoms with Crippen LogP contribution >= 0.6 is 0 Å². The summed E-state index contributed by atoms with van der Waals surface area (Å²) in [5.41, 5.74) is 0.372. The monoisotopic (exact) mass is 175 g/mol. The Labute approximate surface area is 74.2 Å². The molecule has 1 rings (SSSR count). The maximum atomic E-state index is 10.5. The average molecular weight is 175 g/mol. The van der Waals surface area contributed by atoms with Crippen LogP contribution in [0.1, 0.15) is 16.1 Å². The SMILES string of the molecule is O=CC#Cc1cc(C(=O)O)ccn1. The molecule has 0 aliphatic heterocycles. The summed E-state index contributed by atoms with van der Waals surface area (Å²) in [5.74, 6) is 3.50. The molecule has 4 nitrogen and oxygen atoms in total. The van der Waals surface area contributed by atoms with Gasteiger partial charge in [-0.2, -0.15) is 0 Å². The van der Waals surface area contributed by atoms with Crippen LogP contribution < -0.4 is 0 Å². The second kappa shape index (κ2) is 4.02. The number of carboxylic acid groups (broad SMARTS) is 1. The number of aldehydes is 1. The first-order chi connectivity index (χ1) is 6.24. The highest BCUT2D eigenvalue weighted by atomic mass is 16.4. The highest BCUT2D eigenvalue weighted by molar-refractivity contribution is 5.87. The van der Waals surface area contributed by atoms with E-state index < -0.39 is 5.97 Å². The third kappa shape index (κ3) is 2.42. The Morgan fingerprint density at radius 2 is 2.38 bits per heavy atom. The van der Waals surface area contributed by atoms with Gasteiger partial charge in [-0.05, 0) is 24.0 Å². The molecule has 0 saturated heterocycles. The molecule has 0 aliphatic rings. The fourth-order valence-electron chi connectivity index (χ4n) is 0.735. The number of carbonyl (C=O) groups excluding carboxylic acids is 1. The van der Waals surface area contributed by atoms with Crippen molar-refractivity contribution >= 4 is 12.3 Å². The summed E-state index contributed by atoms with van der Waals surface area (Å²) in [4.78, 5) is 24.1. The minimum atomic E-state index is -1.04. The molecule has 64 valence electrons. The maximum Gasteiger partial charge on any atom is 0.335 e. The fourth-order valence-corrected chi connectivity index (χ4v) is 0.735. The molecule has 0 bridgehead atoms. The lowest BCUT2D eigenvalue weighted by Gasteiger charge is -1.92. The predicted octanol–water partition coefficient (Wildman–Crippen LogP) is 0.330. The van der Waals surface area contributed by atoms with Crippen molar-refractivity contribution < 1.29 is 14.7 Å². The van der Waals surface area contributed by atoms with Gasteiger partial charge >= 0.3 is 5.97 Å². The number of hydrogen-bond acceptors (Lipinski definition) is 3. The van der Waals surface area contributed by atoms with E-state index in [9.17, 15) is 9.59 Å². The molecule has 0 atom stereocenters. The van der Waals surface area contributed by atoms with Crippen LogP contribution in [0.5, 0.6) is 0 Å². The first kappa shape index (κ1) is 8.94. The molecule has 0 spiro atoms. The van der Waals surface area contributed by atoms with Crippen LogP contribution in [0.2, 0.25) is 0 Å². The molecule has 0 amide bonds. The Kier molecular flexibility index (Phi) is 2.77. The number of aromatic nitrogens is 1. The van der Waals surface area contributed by atoms with Crippen LogP contribution in [-0.4, -0.2) is 22.3 Å². The van der Waals surface area contributed by atoms with Crippen LogP contribution in [0, 0.1) is 11.8 Å². The molecule has 0 aliphatic carbocycles. The van der Waals surface area contributed by atoms with E-state index >= 15 is 0 Å². The molecule has 1 heterocycles. The van der Waals surface area contributed by atoms with Crippen molar-refractivity contribution in [2.45, 2.75) is 0 Å².